The first-order valence-electron chi connectivity index (χ1n) is 17.8. The summed E-state index contributed by atoms with van der Waals surface area (Å²) in [7, 11) is 0. The molecule has 2 nitrogen and oxygen atoms in total. The van der Waals surface area contributed by atoms with Gasteiger partial charge in [-0.2, -0.15) is 0 Å². The Bertz CT molecular complexity index is 2870. The average Bonchev–Trinajstić information content (AvgIpc) is 3.60. The zero-order valence-electron chi connectivity index (χ0n) is 28.4. The largest absolute Gasteiger partial charge is 0.456 e. The molecule has 0 bridgehead atoms. The summed E-state index contributed by atoms with van der Waals surface area (Å²) in [6, 6.07) is 71.5. The maximum Gasteiger partial charge on any atom is 0.137 e. The smallest absolute Gasteiger partial charge is 0.137 e. The highest BCUT2D eigenvalue weighted by Gasteiger charge is 2.19. The lowest BCUT2D eigenvalue weighted by Gasteiger charge is -2.26. The Labute approximate surface area is 302 Å². The molecule has 0 aliphatic heterocycles. The fraction of sp³-hybridized carbons (Fsp3) is 0. The van der Waals surface area contributed by atoms with Crippen LogP contribution in [0, 0.1) is 0 Å². The monoisotopic (exact) mass is 663 g/mol. The molecule has 0 amide bonds. The van der Waals surface area contributed by atoms with Gasteiger partial charge in [0, 0.05) is 33.9 Å². The van der Waals surface area contributed by atoms with Gasteiger partial charge in [-0.1, -0.05) is 152 Å². The normalized spacial score (nSPS) is 11.5. The molecule has 2 heteroatoms. The summed E-state index contributed by atoms with van der Waals surface area (Å²) >= 11 is 0. The fourth-order valence-corrected chi connectivity index (χ4v) is 7.77. The molecule has 0 unspecified atom stereocenters. The quantitative estimate of drug-likeness (QED) is 0.176. The summed E-state index contributed by atoms with van der Waals surface area (Å²) in [4.78, 5) is 2.32. The van der Waals surface area contributed by atoms with Gasteiger partial charge < -0.3 is 9.32 Å². The number of nitrogens with zero attached hydrogens (tertiary/aromatic N) is 1. The molecule has 9 aromatic carbocycles. The van der Waals surface area contributed by atoms with E-state index in [1.54, 1.807) is 0 Å². The van der Waals surface area contributed by atoms with Gasteiger partial charge in [0.2, 0.25) is 0 Å². The topological polar surface area (TPSA) is 16.4 Å². The van der Waals surface area contributed by atoms with Crippen LogP contribution >= 0.6 is 0 Å². The molecular weight excluding hydrogens is 631 g/mol. The molecule has 0 aliphatic carbocycles. The molecule has 10 rings (SSSR count). The molecular formula is C50H33NO. The van der Waals surface area contributed by atoms with Crippen molar-refractivity contribution >= 4 is 60.5 Å². The molecule has 10 aromatic rings. The number of furan rings is 1. The molecule has 244 valence electrons. The van der Waals surface area contributed by atoms with Gasteiger partial charge in [0.05, 0.1) is 0 Å². The van der Waals surface area contributed by atoms with Crippen LogP contribution in [0.3, 0.4) is 0 Å². The minimum Gasteiger partial charge on any atom is -0.456 e. The lowest BCUT2D eigenvalue weighted by molar-refractivity contribution is 0.669. The van der Waals surface area contributed by atoms with Crippen molar-refractivity contribution in [2.75, 3.05) is 4.90 Å². The van der Waals surface area contributed by atoms with E-state index in [9.17, 15) is 0 Å². The third-order valence-corrected chi connectivity index (χ3v) is 10.3. The van der Waals surface area contributed by atoms with Crippen LogP contribution < -0.4 is 4.90 Å². The van der Waals surface area contributed by atoms with Crippen molar-refractivity contribution in [1.82, 2.24) is 0 Å². The second-order valence-electron chi connectivity index (χ2n) is 13.3. The van der Waals surface area contributed by atoms with Gasteiger partial charge in [0.1, 0.15) is 11.2 Å². The number of hydrogen-bond acceptors (Lipinski definition) is 2. The Balaban J connectivity index is 1.12. The van der Waals surface area contributed by atoms with E-state index in [0.717, 1.165) is 39.0 Å². The van der Waals surface area contributed by atoms with Crippen LogP contribution in [0.1, 0.15) is 0 Å². The van der Waals surface area contributed by atoms with Crippen molar-refractivity contribution in [3.05, 3.63) is 200 Å². The van der Waals surface area contributed by atoms with E-state index in [1.165, 1.54) is 54.9 Å². The maximum atomic E-state index is 6.75. The summed E-state index contributed by atoms with van der Waals surface area (Å²) in [6.07, 6.45) is 0. The maximum absolute atomic E-state index is 6.75. The van der Waals surface area contributed by atoms with Crippen molar-refractivity contribution in [3.63, 3.8) is 0 Å². The molecule has 0 spiro atoms. The number of benzene rings is 9. The Morgan fingerprint density at radius 1 is 0.308 bits per heavy atom. The lowest BCUT2D eigenvalue weighted by atomic mass is 9.95. The van der Waals surface area contributed by atoms with Crippen LogP contribution in [0.25, 0.3) is 76.9 Å². The third-order valence-electron chi connectivity index (χ3n) is 10.3. The van der Waals surface area contributed by atoms with Gasteiger partial charge in [-0.05, 0) is 97.4 Å². The van der Waals surface area contributed by atoms with Crippen LogP contribution in [0.4, 0.5) is 17.1 Å². The lowest BCUT2D eigenvalue weighted by Crippen LogP contribution is -2.09. The van der Waals surface area contributed by atoms with Crippen molar-refractivity contribution in [2.45, 2.75) is 0 Å². The first kappa shape index (κ1) is 30.0. The molecule has 0 radical (unpaired) electrons. The number of anilines is 3. The summed E-state index contributed by atoms with van der Waals surface area (Å²) in [6.45, 7) is 0. The van der Waals surface area contributed by atoms with Crippen LogP contribution in [-0.2, 0) is 0 Å². The van der Waals surface area contributed by atoms with E-state index in [-0.39, 0.29) is 0 Å². The molecule has 0 atom stereocenters. The Morgan fingerprint density at radius 3 is 1.58 bits per heavy atom. The molecule has 52 heavy (non-hydrogen) atoms. The molecule has 0 N–H and O–H groups in total. The van der Waals surface area contributed by atoms with Crippen molar-refractivity contribution in [1.29, 1.82) is 0 Å². The first-order valence-corrected chi connectivity index (χ1v) is 17.8. The Hall–Kier alpha value is -6.90. The summed E-state index contributed by atoms with van der Waals surface area (Å²) < 4.78 is 6.75. The second kappa shape index (κ2) is 12.5. The summed E-state index contributed by atoms with van der Waals surface area (Å²) in [5.41, 5.74) is 12.1. The summed E-state index contributed by atoms with van der Waals surface area (Å²) in [5, 5.41) is 7.17. The molecule has 0 fully saturated rings. The standard InChI is InChI=1S/C50H33NO/c1-3-12-34(13-4-1)35-22-26-39(27-23-35)51(40-28-24-38(25-29-40)43-21-11-17-36-16-7-8-18-42(36)43)41-30-31-46-48(32-41)52-49-33-47(37-14-5-2-6-15-37)44-19-9-10-20-45(44)50(46)49/h1-33H. The van der Waals surface area contributed by atoms with E-state index < -0.39 is 0 Å². The van der Waals surface area contributed by atoms with Crippen molar-refractivity contribution < 1.29 is 4.42 Å². The third kappa shape index (κ3) is 5.12. The van der Waals surface area contributed by atoms with E-state index in [2.05, 4.69) is 205 Å². The Kier molecular flexibility index (Phi) is 7.18. The zero-order chi connectivity index (χ0) is 34.4. The van der Waals surface area contributed by atoms with E-state index >= 15 is 0 Å². The predicted molar refractivity (Wildman–Crippen MR) is 220 cm³/mol. The highest BCUT2D eigenvalue weighted by atomic mass is 16.3. The van der Waals surface area contributed by atoms with E-state index in [1.807, 2.05) is 0 Å². The van der Waals surface area contributed by atoms with Gasteiger partial charge in [-0.15, -0.1) is 0 Å². The minimum atomic E-state index is 0.862. The highest BCUT2D eigenvalue weighted by Crippen LogP contribution is 2.43. The fourth-order valence-electron chi connectivity index (χ4n) is 7.77. The van der Waals surface area contributed by atoms with Crippen LogP contribution in [0.5, 0.6) is 0 Å². The first-order chi connectivity index (χ1) is 25.8. The van der Waals surface area contributed by atoms with Crippen LogP contribution in [0.2, 0.25) is 0 Å². The second-order valence-corrected chi connectivity index (χ2v) is 13.3. The van der Waals surface area contributed by atoms with Gasteiger partial charge in [0.15, 0.2) is 0 Å². The van der Waals surface area contributed by atoms with E-state index in [0.29, 0.717) is 0 Å². The molecule has 0 saturated carbocycles. The van der Waals surface area contributed by atoms with Crippen LogP contribution in [-0.4, -0.2) is 0 Å². The highest BCUT2D eigenvalue weighted by molar-refractivity contribution is 6.22. The van der Waals surface area contributed by atoms with E-state index in [4.69, 9.17) is 4.42 Å². The van der Waals surface area contributed by atoms with Gasteiger partial charge in [-0.3, -0.25) is 0 Å². The molecule has 1 aromatic heterocycles. The number of rotatable bonds is 6. The average molecular weight is 664 g/mol. The molecule has 1 heterocycles. The van der Waals surface area contributed by atoms with Crippen molar-refractivity contribution in [2.24, 2.45) is 0 Å². The van der Waals surface area contributed by atoms with Crippen molar-refractivity contribution in [3.8, 4) is 33.4 Å². The van der Waals surface area contributed by atoms with Crippen LogP contribution in [0.15, 0.2) is 205 Å². The summed E-state index contributed by atoms with van der Waals surface area (Å²) in [5.74, 6) is 0. The predicted octanol–water partition coefficient (Wildman–Crippen LogP) is 14.4. The zero-order valence-corrected chi connectivity index (χ0v) is 28.4. The SMILES string of the molecule is c1ccc(-c2ccc(N(c3ccc(-c4cccc5ccccc45)cc3)c3ccc4c(c3)oc3cc(-c5ccccc5)c5ccccc5c34)cc2)cc1. The Morgan fingerprint density at radius 2 is 0.846 bits per heavy atom. The van der Waals surface area contributed by atoms with Gasteiger partial charge in [0.25, 0.3) is 0 Å². The number of fused-ring (bicyclic) bond motifs is 6. The molecule has 0 saturated heterocycles. The molecule has 0 aliphatic rings. The van der Waals surface area contributed by atoms with Gasteiger partial charge >= 0.3 is 0 Å². The van der Waals surface area contributed by atoms with Gasteiger partial charge in [-0.25, -0.2) is 0 Å². The minimum absolute atomic E-state index is 0.862. The number of hydrogen-bond donors (Lipinski definition) is 0.